The summed E-state index contributed by atoms with van der Waals surface area (Å²) in [6.45, 7) is 4.88. The molecule has 2 aromatic rings. The Kier molecular flexibility index (Phi) is 9.78. The van der Waals surface area contributed by atoms with E-state index in [4.69, 9.17) is 0 Å². The number of rotatable bonds is 7. The van der Waals surface area contributed by atoms with Crippen LogP contribution >= 0.6 is 35.3 Å². The molecule has 0 fully saturated rings. The number of hydrogen-bond acceptors (Lipinski definition) is 3. The average Bonchev–Trinajstić information content (AvgIpc) is 3.00. The van der Waals surface area contributed by atoms with E-state index in [2.05, 4.69) is 70.2 Å². The number of aliphatic imine (C=N–C) groups is 1. The van der Waals surface area contributed by atoms with Crippen LogP contribution in [0.3, 0.4) is 0 Å². The Morgan fingerprint density at radius 2 is 1.92 bits per heavy atom. The van der Waals surface area contributed by atoms with E-state index < -0.39 is 0 Å². The molecule has 4 nitrogen and oxygen atoms in total. The third-order valence-electron chi connectivity index (χ3n) is 3.77. The summed E-state index contributed by atoms with van der Waals surface area (Å²) in [6, 6.07) is 12.6. The van der Waals surface area contributed by atoms with Crippen LogP contribution in [0.4, 0.5) is 5.69 Å². The molecule has 0 bridgehead atoms. The van der Waals surface area contributed by atoms with Gasteiger partial charge in [0.05, 0.1) is 6.54 Å². The van der Waals surface area contributed by atoms with Crippen molar-refractivity contribution in [3.8, 4) is 0 Å². The van der Waals surface area contributed by atoms with Crippen molar-refractivity contribution in [3.63, 3.8) is 0 Å². The summed E-state index contributed by atoms with van der Waals surface area (Å²) in [6.07, 6.45) is 1.06. The largest absolute Gasteiger partial charge is 0.375 e. The molecule has 6 heteroatoms. The minimum atomic E-state index is 0. The van der Waals surface area contributed by atoms with Gasteiger partial charge in [-0.2, -0.15) is 0 Å². The van der Waals surface area contributed by atoms with Gasteiger partial charge >= 0.3 is 0 Å². The van der Waals surface area contributed by atoms with Crippen LogP contribution in [0.15, 0.2) is 46.8 Å². The van der Waals surface area contributed by atoms with Crippen LogP contribution in [0.1, 0.15) is 16.9 Å². The lowest BCUT2D eigenvalue weighted by atomic mass is 10.3. The fourth-order valence-corrected chi connectivity index (χ4v) is 3.15. The number of halogens is 1. The van der Waals surface area contributed by atoms with E-state index in [9.17, 15) is 0 Å². The maximum Gasteiger partial charge on any atom is 0.191 e. The predicted octanol–water partition coefficient (Wildman–Crippen LogP) is 3.87. The summed E-state index contributed by atoms with van der Waals surface area (Å²) in [5.41, 5.74) is 2.59. The van der Waals surface area contributed by atoms with Crippen LogP contribution in [0.2, 0.25) is 0 Å². The minimum absolute atomic E-state index is 0. The second-order valence-corrected chi connectivity index (χ2v) is 6.49. The number of nitrogens with one attached hydrogen (secondary N) is 2. The van der Waals surface area contributed by atoms with Crippen molar-refractivity contribution in [3.05, 3.63) is 52.2 Å². The SMILES string of the molecule is CN=C(NCCCN(C)c1ccccc1)NCc1sccc1C.I. The number of benzene rings is 1. The van der Waals surface area contributed by atoms with Gasteiger partial charge in [-0.1, -0.05) is 18.2 Å². The highest BCUT2D eigenvalue weighted by atomic mass is 127. The van der Waals surface area contributed by atoms with E-state index in [0.717, 1.165) is 32.0 Å². The molecule has 1 heterocycles. The molecular weight excluding hydrogens is 431 g/mol. The van der Waals surface area contributed by atoms with Crippen molar-refractivity contribution < 1.29 is 0 Å². The Balaban J connectivity index is 0.00000288. The molecule has 1 aromatic heterocycles. The van der Waals surface area contributed by atoms with Gasteiger partial charge in [-0.05, 0) is 42.5 Å². The van der Waals surface area contributed by atoms with E-state index in [1.807, 2.05) is 13.1 Å². The summed E-state index contributed by atoms with van der Waals surface area (Å²) < 4.78 is 0. The van der Waals surface area contributed by atoms with Crippen molar-refractivity contribution in [1.29, 1.82) is 0 Å². The number of anilines is 1. The molecule has 2 N–H and O–H groups in total. The van der Waals surface area contributed by atoms with Crippen molar-refractivity contribution in [2.45, 2.75) is 19.9 Å². The molecule has 2 rings (SSSR count). The standard InChI is InChI=1S/C18H26N4S.HI/c1-15-10-13-23-17(15)14-21-18(19-2)20-11-7-12-22(3)16-8-5-4-6-9-16;/h4-6,8-10,13H,7,11-12,14H2,1-3H3,(H2,19,20,21);1H. The summed E-state index contributed by atoms with van der Waals surface area (Å²) in [4.78, 5) is 7.91. The van der Waals surface area contributed by atoms with Gasteiger partial charge in [0.2, 0.25) is 0 Å². The van der Waals surface area contributed by atoms with Gasteiger partial charge in [-0.15, -0.1) is 35.3 Å². The highest BCUT2D eigenvalue weighted by Gasteiger charge is 2.03. The molecule has 0 spiro atoms. The summed E-state index contributed by atoms with van der Waals surface area (Å²) in [5, 5.41) is 8.87. The first-order valence-corrected chi connectivity index (χ1v) is 8.82. The van der Waals surface area contributed by atoms with Gasteiger partial charge in [0, 0.05) is 37.7 Å². The fourth-order valence-electron chi connectivity index (χ4n) is 2.30. The zero-order valence-corrected chi connectivity index (χ0v) is 17.7. The normalized spacial score (nSPS) is 10.9. The monoisotopic (exact) mass is 458 g/mol. The number of para-hydroxylation sites is 1. The Labute approximate surface area is 166 Å². The Morgan fingerprint density at radius 3 is 2.54 bits per heavy atom. The molecule has 0 aliphatic carbocycles. The van der Waals surface area contributed by atoms with Gasteiger partial charge in [0.1, 0.15) is 0 Å². The van der Waals surface area contributed by atoms with Crippen LogP contribution in [0.25, 0.3) is 0 Å². The maximum atomic E-state index is 4.28. The molecule has 0 unspecified atom stereocenters. The first-order valence-electron chi connectivity index (χ1n) is 7.94. The van der Waals surface area contributed by atoms with Crippen LogP contribution in [-0.2, 0) is 6.54 Å². The zero-order valence-electron chi connectivity index (χ0n) is 14.6. The lowest BCUT2D eigenvalue weighted by Crippen LogP contribution is -2.38. The average molecular weight is 458 g/mol. The molecule has 0 radical (unpaired) electrons. The topological polar surface area (TPSA) is 39.7 Å². The molecule has 24 heavy (non-hydrogen) atoms. The van der Waals surface area contributed by atoms with E-state index in [1.54, 1.807) is 11.3 Å². The number of guanidine groups is 1. The van der Waals surface area contributed by atoms with Crippen LogP contribution in [0.5, 0.6) is 0 Å². The lowest BCUT2D eigenvalue weighted by Gasteiger charge is -2.19. The molecule has 1 aromatic carbocycles. The van der Waals surface area contributed by atoms with Gasteiger partial charge in [-0.25, -0.2) is 0 Å². The molecule has 0 aliphatic heterocycles. The van der Waals surface area contributed by atoms with Crippen LogP contribution in [-0.4, -0.2) is 33.1 Å². The second kappa shape index (κ2) is 11.3. The van der Waals surface area contributed by atoms with Crippen molar-refractivity contribution in [1.82, 2.24) is 10.6 Å². The zero-order chi connectivity index (χ0) is 16.5. The van der Waals surface area contributed by atoms with Crippen molar-refractivity contribution in [2.75, 3.05) is 32.1 Å². The van der Waals surface area contributed by atoms with Crippen LogP contribution < -0.4 is 15.5 Å². The highest BCUT2D eigenvalue weighted by Crippen LogP contribution is 2.14. The lowest BCUT2D eigenvalue weighted by molar-refractivity contribution is 0.730. The van der Waals surface area contributed by atoms with E-state index in [1.165, 1.54) is 16.1 Å². The minimum Gasteiger partial charge on any atom is -0.375 e. The van der Waals surface area contributed by atoms with Crippen molar-refractivity contribution >= 4 is 47.0 Å². The van der Waals surface area contributed by atoms with Gasteiger partial charge in [-0.3, -0.25) is 4.99 Å². The highest BCUT2D eigenvalue weighted by molar-refractivity contribution is 14.0. The maximum absolute atomic E-state index is 4.28. The Bertz CT molecular complexity index is 612. The summed E-state index contributed by atoms with van der Waals surface area (Å²) in [7, 11) is 3.94. The Hall–Kier alpha value is -1.28. The molecular formula is C18H27IN4S. The molecule has 0 aliphatic rings. The molecule has 0 amide bonds. The van der Waals surface area contributed by atoms with Gasteiger partial charge < -0.3 is 15.5 Å². The number of aryl methyl sites for hydroxylation is 1. The molecule has 0 saturated heterocycles. The molecule has 132 valence electrons. The molecule has 0 atom stereocenters. The number of nitrogens with zero attached hydrogens (tertiary/aromatic N) is 2. The van der Waals surface area contributed by atoms with E-state index in [-0.39, 0.29) is 24.0 Å². The van der Waals surface area contributed by atoms with Crippen molar-refractivity contribution in [2.24, 2.45) is 4.99 Å². The van der Waals surface area contributed by atoms with Gasteiger partial charge in [0.15, 0.2) is 5.96 Å². The van der Waals surface area contributed by atoms with Crippen LogP contribution in [0, 0.1) is 6.92 Å². The summed E-state index contributed by atoms with van der Waals surface area (Å²) in [5.74, 6) is 0.861. The van der Waals surface area contributed by atoms with E-state index >= 15 is 0 Å². The third kappa shape index (κ3) is 6.68. The first-order chi connectivity index (χ1) is 11.2. The fraction of sp³-hybridized carbons (Fsp3) is 0.389. The van der Waals surface area contributed by atoms with E-state index in [0.29, 0.717) is 0 Å². The van der Waals surface area contributed by atoms with Gasteiger partial charge in [0.25, 0.3) is 0 Å². The second-order valence-electron chi connectivity index (χ2n) is 5.49. The summed E-state index contributed by atoms with van der Waals surface area (Å²) >= 11 is 1.78. The quantitative estimate of drug-likeness (QED) is 0.287. The molecule has 0 saturated carbocycles. The third-order valence-corrected chi connectivity index (χ3v) is 4.79. The first kappa shape index (κ1) is 20.8. The number of thiophene rings is 1. The smallest absolute Gasteiger partial charge is 0.191 e. The predicted molar refractivity (Wildman–Crippen MR) is 117 cm³/mol. The number of hydrogen-bond donors (Lipinski definition) is 2. The Morgan fingerprint density at radius 1 is 1.17 bits per heavy atom.